The summed E-state index contributed by atoms with van der Waals surface area (Å²) in [6.45, 7) is 2.78. The Hall–Kier alpha value is -1.52. The first kappa shape index (κ1) is 13.5. The van der Waals surface area contributed by atoms with E-state index in [0.29, 0.717) is 0 Å². The van der Waals surface area contributed by atoms with Crippen molar-refractivity contribution in [3.8, 4) is 0 Å². The molecule has 0 unspecified atom stereocenters. The van der Waals surface area contributed by atoms with E-state index in [1.54, 1.807) is 0 Å². The number of rotatable bonds is 4. The molecule has 0 atom stereocenters. The highest BCUT2D eigenvalue weighted by atomic mass is 19.3. The molecule has 0 aliphatic rings. The van der Waals surface area contributed by atoms with Gasteiger partial charge in [-0.1, -0.05) is 0 Å². The number of halogens is 3. The number of aryl methyl sites for hydroxylation is 2. The van der Waals surface area contributed by atoms with Gasteiger partial charge in [0.05, 0.1) is 6.42 Å². The van der Waals surface area contributed by atoms with Crippen molar-refractivity contribution in [2.75, 3.05) is 0 Å². The first-order valence-corrected chi connectivity index (χ1v) is 5.11. The molecule has 1 aromatic rings. The Morgan fingerprint density at radius 1 is 1.29 bits per heavy atom. The van der Waals surface area contributed by atoms with E-state index in [0.717, 1.165) is 12.1 Å². The van der Waals surface area contributed by atoms with E-state index in [1.165, 1.54) is 13.8 Å². The zero-order chi connectivity index (χ0) is 13.2. The molecule has 0 spiro atoms. The number of alkyl halides is 2. The lowest BCUT2D eigenvalue weighted by Gasteiger charge is -2.20. The maximum atomic E-state index is 13.8. The van der Waals surface area contributed by atoms with Crippen LogP contribution in [0.4, 0.5) is 13.2 Å². The summed E-state index contributed by atoms with van der Waals surface area (Å²) in [6, 6.07) is 2.05. The normalized spacial score (nSPS) is 11.6. The zero-order valence-corrected chi connectivity index (χ0v) is 9.56. The number of benzene rings is 1. The molecule has 0 aromatic heterocycles. The summed E-state index contributed by atoms with van der Waals surface area (Å²) in [5, 5.41) is 8.41. The Balaban J connectivity index is 3.09. The molecule has 0 heterocycles. The van der Waals surface area contributed by atoms with E-state index in [9.17, 15) is 18.0 Å². The molecule has 94 valence electrons. The molecule has 5 heteroatoms. The van der Waals surface area contributed by atoms with Crippen LogP contribution in [0.15, 0.2) is 12.1 Å². The second kappa shape index (κ2) is 4.77. The van der Waals surface area contributed by atoms with Crippen molar-refractivity contribution >= 4 is 5.97 Å². The Kier molecular flexibility index (Phi) is 3.80. The Morgan fingerprint density at radius 2 is 1.76 bits per heavy atom. The van der Waals surface area contributed by atoms with Crippen molar-refractivity contribution in [1.29, 1.82) is 0 Å². The van der Waals surface area contributed by atoms with Gasteiger partial charge in [0.2, 0.25) is 0 Å². The topological polar surface area (TPSA) is 37.3 Å². The molecular formula is C12H13F3O2. The van der Waals surface area contributed by atoms with Crippen LogP contribution >= 0.6 is 0 Å². The molecule has 1 N–H and O–H groups in total. The Labute approximate surface area is 97.1 Å². The average Bonchev–Trinajstić information content (AvgIpc) is 2.12. The fraction of sp³-hybridized carbons (Fsp3) is 0.417. The van der Waals surface area contributed by atoms with Crippen molar-refractivity contribution in [2.45, 2.75) is 32.6 Å². The second-order valence-electron chi connectivity index (χ2n) is 4.01. The van der Waals surface area contributed by atoms with Crippen molar-refractivity contribution in [2.24, 2.45) is 0 Å². The Bertz CT molecular complexity index is 418. The summed E-state index contributed by atoms with van der Waals surface area (Å²) in [5.74, 6) is -5.10. The molecule has 2 nitrogen and oxygen atoms in total. The number of hydrogen-bond acceptors (Lipinski definition) is 1. The Morgan fingerprint density at radius 3 is 2.18 bits per heavy atom. The van der Waals surface area contributed by atoms with E-state index < -0.39 is 30.6 Å². The van der Waals surface area contributed by atoms with Crippen LogP contribution in [0.3, 0.4) is 0 Å². The van der Waals surface area contributed by atoms with Gasteiger partial charge in [-0.2, -0.15) is 0 Å². The lowest BCUT2D eigenvalue weighted by Crippen LogP contribution is -2.18. The molecule has 1 aromatic carbocycles. The monoisotopic (exact) mass is 246 g/mol. The third-order valence-electron chi connectivity index (χ3n) is 2.52. The van der Waals surface area contributed by atoms with E-state index in [1.807, 2.05) is 0 Å². The standard InChI is InChI=1S/C12H13F3O2/c1-7-5-9(13)6-8(2)11(7)12(14,15)4-3-10(16)17/h5-6H,3-4H2,1-2H3,(H,16,17). The van der Waals surface area contributed by atoms with Gasteiger partial charge in [0.25, 0.3) is 5.92 Å². The first-order valence-electron chi connectivity index (χ1n) is 5.11. The van der Waals surface area contributed by atoms with Crippen LogP contribution in [0.2, 0.25) is 0 Å². The highest BCUT2D eigenvalue weighted by Gasteiger charge is 2.35. The minimum atomic E-state index is -3.25. The maximum absolute atomic E-state index is 13.8. The van der Waals surface area contributed by atoms with Crippen molar-refractivity contribution in [3.05, 3.63) is 34.6 Å². The van der Waals surface area contributed by atoms with Crippen molar-refractivity contribution in [3.63, 3.8) is 0 Å². The smallest absolute Gasteiger partial charge is 0.303 e. The number of carboxylic acids is 1. The van der Waals surface area contributed by atoms with E-state index >= 15 is 0 Å². The van der Waals surface area contributed by atoms with Crippen molar-refractivity contribution in [1.82, 2.24) is 0 Å². The van der Waals surface area contributed by atoms with Gasteiger partial charge < -0.3 is 5.11 Å². The van der Waals surface area contributed by atoms with Crippen LogP contribution in [0.25, 0.3) is 0 Å². The predicted octanol–water partition coefficient (Wildman–Crippen LogP) is 3.40. The van der Waals surface area contributed by atoms with Gasteiger partial charge in [0.15, 0.2) is 0 Å². The fourth-order valence-corrected chi connectivity index (χ4v) is 1.88. The minimum Gasteiger partial charge on any atom is -0.481 e. The lowest BCUT2D eigenvalue weighted by molar-refractivity contribution is -0.139. The number of aliphatic carboxylic acids is 1. The third-order valence-corrected chi connectivity index (χ3v) is 2.52. The van der Waals surface area contributed by atoms with Crippen LogP contribution in [0, 0.1) is 19.7 Å². The largest absolute Gasteiger partial charge is 0.481 e. The summed E-state index contributed by atoms with van der Waals surface area (Å²) < 4.78 is 40.5. The highest BCUT2D eigenvalue weighted by molar-refractivity contribution is 5.66. The summed E-state index contributed by atoms with van der Waals surface area (Å²) in [5.41, 5.74) is -0.00377. The molecule has 0 saturated carbocycles. The molecule has 0 aliphatic carbocycles. The second-order valence-corrected chi connectivity index (χ2v) is 4.01. The average molecular weight is 246 g/mol. The van der Waals surface area contributed by atoms with Gasteiger partial charge in [-0.25, -0.2) is 13.2 Å². The molecule has 1 rings (SSSR count). The van der Waals surface area contributed by atoms with E-state index in [4.69, 9.17) is 5.11 Å². The minimum absolute atomic E-state index is 0.137. The lowest BCUT2D eigenvalue weighted by atomic mass is 9.94. The molecule has 0 amide bonds. The van der Waals surface area contributed by atoms with Gasteiger partial charge in [0.1, 0.15) is 5.82 Å². The van der Waals surface area contributed by atoms with Gasteiger partial charge in [-0.15, -0.1) is 0 Å². The van der Waals surface area contributed by atoms with Gasteiger partial charge >= 0.3 is 5.97 Å². The van der Waals surface area contributed by atoms with E-state index in [-0.39, 0.29) is 16.7 Å². The summed E-state index contributed by atoms with van der Waals surface area (Å²) in [4.78, 5) is 10.3. The van der Waals surface area contributed by atoms with Crippen LogP contribution < -0.4 is 0 Å². The van der Waals surface area contributed by atoms with Crippen LogP contribution in [-0.2, 0) is 10.7 Å². The molecule has 0 fully saturated rings. The number of carboxylic acid groups (broad SMARTS) is 1. The summed E-state index contributed by atoms with van der Waals surface area (Å²) >= 11 is 0. The first-order chi connectivity index (χ1) is 7.74. The molecule has 0 radical (unpaired) electrons. The fourth-order valence-electron chi connectivity index (χ4n) is 1.88. The number of hydrogen-bond donors (Lipinski definition) is 1. The highest BCUT2D eigenvalue weighted by Crippen LogP contribution is 2.37. The SMILES string of the molecule is Cc1cc(F)cc(C)c1C(F)(F)CCC(=O)O. The van der Waals surface area contributed by atoms with Gasteiger partial charge in [-0.3, -0.25) is 4.79 Å². The molecule has 0 saturated heterocycles. The molecule has 0 aliphatic heterocycles. The zero-order valence-electron chi connectivity index (χ0n) is 9.56. The van der Waals surface area contributed by atoms with Gasteiger partial charge in [0, 0.05) is 12.0 Å². The molecule has 0 bridgehead atoms. The predicted molar refractivity (Wildman–Crippen MR) is 56.6 cm³/mol. The van der Waals surface area contributed by atoms with Gasteiger partial charge in [-0.05, 0) is 37.1 Å². The third kappa shape index (κ3) is 3.22. The maximum Gasteiger partial charge on any atom is 0.303 e. The van der Waals surface area contributed by atoms with Crippen LogP contribution in [-0.4, -0.2) is 11.1 Å². The number of carbonyl (C=O) groups is 1. The molecular weight excluding hydrogens is 233 g/mol. The quantitative estimate of drug-likeness (QED) is 0.884. The van der Waals surface area contributed by atoms with E-state index in [2.05, 4.69) is 0 Å². The van der Waals surface area contributed by atoms with Crippen LogP contribution in [0.5, 0.6) is 0 Å². The summed E-state index contributed by atoms with van der Waals surface area (Å²) in [7, 11) is 0. The van der Waals surface area contributed by atoms with Crippen molar-refractivity contribution < 1.29 is 23.1 Å². The molecule has 17 heavy (non-hydrogen) atoms. The van der Waals surface area contributed by atoms with Crippen LogP contribution in [0.1, 0.15) is 29.5 Å². The summed E-state index contributed by atoms with van der Waals surface area (Å²) in [6.07, 6.45) is -1.40.